The Labute approximate surface area is 78.5 Å². The predicted octanol–water partition coefficient (Wildman–Crippen LogP) is 1.53. The molecule has 3 heteroatoms. The molecule has 1 aromatic carbocycles. The summed E-state index contributed by atoms with van der Waals surface area (Å²) in [5, 5.41) is 9.73. The second-order valence-corrected chi connectivity index (χ2v) is 3.41. The number of nitrogens with one attached hydrogen (secondary N) is 1. The van der Waals surface area contributed by atoms with Gasteiger partial charge in [-0.2, -0.15) is 0 Å². The Kier molecular flexibility index (Phi) is 2.90. The van der Waals surface area contributed by atoms with Crippen molar-refractivity contribution in [1.29, 1.82) is 0 Å². The Morgan fingerprint density at radius 1 is 1.38 bits per heavy atom. The van der Waals surface area contributed by atoms with E-state index in [2.05, 4.69) is 5.43 Å². The van der Waals surface area contributed by atoms with Crippen LogP contribution in [0.5, 0.6) is 5.75 Å². The molecule has 0 radical (unpaired) electrons. The Bertz CT molecular complexity index is 310. The van der Waals surface area contributed by atoms with Crippen LogP contribution in [-0.2, 0) is 0 Å². The third-order valence-electron chi connectivity index (χ3n) is 2.19. The van der Waals surface area contributed by atoms with Gasteiger partial charge in [-0.25, -0.2) is 0 Å². The number of phenols is 1. The first kappa shape index (κ1) is 10.0. The van der Waals surface area contributed by atoms with Crippen LogP contribution in [0, 0.1) is 13.8 Å². The molecule has 1 atom stereocenters. The number of hydrogen-bond donors (Lipinski definition) is 3. The van der Waals surface area contributed by atoms with E-state index in [4.69, 9.17) is 5.84 Å². The molecule has 0 bridgehead atoms. The van der Waals surface area contributed by atoms with Gasteiger partial charge in [0.25, 0.3) is 0 Å². The summed E-state index contributed by atoms with van der Waals surface area (Å²) in [6.45, 7) is 5.79. The van der Waals surface area contributed by atoms with Crippen LogP contribution in [0.4, 0.5) is 0 Å². The maximum Gasteiger partial charge on any atom is 0.123 e. The monoisotopic (exact) mass is 180 g/mol. The van der Waals surface area contributed by atoms with Crippen LogP contribution in [0.3, 0.4) is 0 Å². The SMILES string of the molecule is Cc1cc(C)c(O)c([C@H](C)NN)c1. The summed E-state index contributed by atoms with van der Waals surface area (Å²) in [5.41, 5.74) is 5.48. The summed E-state index contributed by atoms with van der Waals surface area (Å²) in [6, 6.07) is 3.85. The van der Waals surface area contributed by atoms with E-state index in [1.54, 1.807) is 0 Å². The van der Waals surface area contributed by atoms with E-state index in [0.29, 0.717) is 5.75 Å². The highest BCUT2D eigenvalue weighted by Gasteiger charge is 2.10. The molecule has 0 aliphatic carbocycles. The molecule has 1 rings (SSSR count). The van der Waals surface area contributed by atoms with Crippen molar-refractivity contribution in [3.8, 4) is 5.75 Å². The van der Waals surface area contributed by atoms with Crippen molar-refractivity contribution in [3.63, 3.8) is 0 Å². The van der Waals surface area contributed by atoms with Crippen molar-refractivity contribution in [2.75, 3.05) is 0 Å². The van der Waals surface area contributed by atoms with Crippen LogP contribution < -0.4 is 11.3 Å². The molecule has 13 heavy (non-hydrogen) atoms. The predicted molar refractivity (Wildman–Crippen MR) is 53.3 cm³/mol. The Hall–Kier alpha value is -1.06. The van der Waals surface area contributed by atoms with Gasteiger partial charge in [0.15, 0.2) is 0 Å². The van der Waals surface area contributed by atoms with Gasteiger partial charge in [-0.05, 0) is 26.3 Å². The minimum Gasteiger partial charge on any atom is -0.507 e. The lowest BCUT2D eigenvalue weighted by Gasteiger charge is -2.14. The lowest BCUT2D eigenvalue weighted by atomic mass is 10.0. The number of aromatic hydroxyl groups is 1. The second-order valence-electron chi connectivity index (χ2n) is 3.41. The van der Waals surface area contributed by atoms with Gasteiger partial charge in [0.05, 0.1) is 0 Å². The fraction of sp³-hybridized carbons (Fsp3) is 0.400. The quantitative estimate of drug-likeness (QED) is 0.478. The van der Waals surface area contributed by atoms with Crippen LogP contribution in [0.1, 0.15) is 29.7 Å². The van der Waals surface area contributed by atoms with E-state index in [-0.39, 0.29) is 6.04 Å². The topological polar surface area (TPSA) is 58.3 Å². The van der Waals surface area contributed by atoms with Crippen LogP contribution in [0.15, 0.2) is 12.1 Å². The van der Waals surface area contributed by atoms with Gasteiger partial charge in [-0.1, -0.05) is 17.7 Å². The number of nitrogens with two attached hydrogens (primary N) is 1. The maximum atomic E-state index is 9.73. The number of aryl methyl sites for hydroxylation is 2. The Morgan fingerprint density at radius 3 is 2.54 bits per heavy atom. The van der Waals surface area contributed by atoms with Gasteiger partial charge in [-0.15, -0.1) is 0 Å². The molecule has 0 aliphatic rings. The van der Waals surface area contributed by atoms with Crippen molar-refractivity contribution >= 4 is 0 Å². The first-order chi connectivity index (χ1) is 6.06. The summed E-state index contributed by atoms with van der Waals surface area (Å²) >= 11 is 0. The highest BCUT2D eigenvalue weighted by Crippen LogP contribution is 2.28. The van der Waals surface area contributed by atoms with Crippen molar-refractivity contribution in [2.24, 2.45) is 5.84 Å². The van der Waals surface area contributed by atoms with E-state index in [0.717, 1.165) is 16.7 Å². The zero-order valence-corrected chi connectivity index (χ0v) is 8.26. The van der Waals surface area contributed by atoms with E-state index in [1.807, 2.05) is 32.9 Å². The number of benzene rings is 1. The van der Waals surface area contributed by atoms with E-state index in [1.165, 1.54) is 0 Å². The molecule has 3 nitrogen and oxygen atoms in total. The highest BCUT2D eigenvalue weighted by molar-refractivity contribution is 5.44. The van der Waals surface area contributed by atoms with Crippen molar-refractivity contribution in [3.05, 3.63) is 28.8 Å². The molecular weight excluding hydrogens is 164 g/mol. The van der Waals surface area contributed by atoms with E-state index in [9.17, 15) is 5.11 Å². The van der Waals surface area contributed by atoms with Crippen LogP contribution in [0.2, 0.25) is 0 Å². The van der Waals surface area contributed by atoms with Gasteiger partial charge in [0.2, 0.25) is 0 Å². The normalized spacial score (nSPS) is 12.9. The summed E-state index contributed by atoms with van der Waals surface area (Å²) in [6.07, 6.45) is 0. The number of phenolic OH excluding ortho intramolecular Hbond substituents is 1. The number of hydrogen-bond acceptors (Lipinski definition) is 3. The molecule has 0 spiro atoms. The average molecular weight is 180 g/mol. The molecule has 0 aromatic heterocycles. The van der Waals surface area contributed by atoms with Gasteiger partial charge in [0.1, 0.15) is 5.75 Å². The van der Waals surface area contributed by atoms with E-state index < -0.39 is 0 Å². The molecule has 0 saturated heterocycles. The lowest BCUT2D eigenvalue weighted by molar-refractivity contribution is 0.450. The third-order valence-corrected chi connectivity index (χ3v) is 2.19. The molecule has 0 heterocycles. The van der Waals surface area contributed by atoms with Gasteiger partial charge in [-0.3, -0.25) is 11.3 Å². The summed E-state index contributed by atoms with van der Waals surface area (Å²) in [5.74, 6) is 5.64. The minimum atomic E-state index is -0.0291. The molecule has 72 valence electrons. The molecule has 0 saturated carbocycles. The third kappa shape index (κ3) is 1.99. The molecule has 1 aromatic rings. The van der Waals surface area contributed by atoms with Crippen molar-refractivity contribution < 1.29 is 5.11 Å². The minimum absolute atomic E-state index is 0.0291. The van der Waals surface area contributed by atoms with Gasteiger partial charge < -0.3 is 5.11 Å². The van der Waals surface area contributed by atoms with Crippen molar-refractivity contribution in [2.45, 2.75) is 26.8 Å². The fourth-order valence-electron chi connectivity index (χ4n) is 1.41. The van der Waals surface area contributed by atoms with Crippen molar-refractivity contribution in [1.82, 2.24) is 5.43 Å². The van der Waals surface area contributed by atoms with Gasteiger partial charge in [0, 0.05) is 11.6 Å². The number of hydrazine groups is 1. The molecular formula is C10H16N2O. The summed E-state index contributed by atoms with van der Waals surface area (Å²) in [4.78, 5) is 0. The molecule has 0 aliphatic heterocycles. The van der Waals surface area contributed by atoms with Crippen LogP contribution in [0.25, 0.3) is 0 Å². The van der Waals surface area contributed by atoms with Crippen LogP contribution >= 0.6 is 0 Å². The summed E-state index contributed by atoms with van der Waals surface area (Å²) in [7, 11) is 0. The summed E-state index contributed by atoms with van der Waals surface area (Å²) < 4.78 is 0. The zero-order chi connectivity index (χ0) is 10.0. The standard InChI is InChI=1S/C10H16N2O/c1-6-4-7(2)10(13)9(5-6)8(3)12-11/h4-5,8,12-13H,11H2,1-3H3/t8-/m0/s1. The number of rotatable bonds is 2. The smallest absolute Gasteiger partial charge is 0.123 e. The molecule has 0 amide bonds. The Balaban J connectivity index is 3.20. The lowest BCUT2D eigenvalue weighted by Crippen LogP contribution is -2.25. The largest absolute Gasteiger partial charge is 0.507 e. The first-order valence-electron chi connectivity index (χ1n) is 4.32. The van der Waals surface area contributed by atoms with Crippen LogP contribution in [-0.4, -0.2) is 5.11 Å². The average Bonchev–Trinajstić information content (AvgIpc) is 2.10. The first-order valence-corrected chi connectivity index (χ1v) is 4.32. The molecule has 0 unspecified atom stereocenters. The Morgan fingerprint density at radius 2 is 2.00 bits per heavy atom. The fourth-order valence-corrected chi connectivity index (χ4v) is 1.41. The van der Waals surface area contributed by atoms with Gasteiger partial charge >= 0.3 is 0 Å². The molecule has 0 fully saturated rings. The zero-order valence-electron chi connectivity index (χ0n) is 8.26. The maximum absolute atomic E-state index is 9.73. The van der Waals surface area contributed by atoms with E-state index >= 15 is 0 Å². The second kappa shape index (κ2) is 3.77. The highest BCUT2D eigenvalue weighted by atomic mass is 16.3. The molecule has 4 N–H and O–H groups in total.